The van der Waals surface area contributed by atoms with Crippen molar-refractivity contribution in [1.29, 1.82) is 0 Å². The van der Waals surface area contributed by atoms with E-state index in [4.69, 9.17) is 4.42 Å². The molecule has 2 aromatic rings. The Morgan fingerprint density at radius 2 is 2.19 bits per heavy atom. The molecular weight excluding hydrogens is 266 g/mol. The lowest BCUT2D eigenvalue weighted by atomic mass is 10.1. The molecule has 0 amide bonds. The first-order valence-electron chi connectivity index (χ1n) is 7.40. The van der Waals surface area contributed by atoms with Gasteiger partial charge >= 0.3 is 0 Å². The first kappa shape index (κ1) is 14.3. The van der Waals surface area contributed by atoms with Crippen LogP contribution in [0.25, 0.3) is 0 Å². The quantitative estimate of drug-likeness (QED) is 0.929. The van der Waals surface area contributed by atoms with Gasteiger partial charge in [0.05, 0.1) is 19.4 Å². The molecule has 1 N–H and O–H groups in total. The number of nitrogens with zero attached hydrogens (tertiary/aromatic N) is 4. The standard InChI is InChI=1S/C15H23N5O/c1-15(2,3)16-8-13-12(4-7-21-13)9-19-5-6-20-11-17-18-14(20)10-19/h4,7,11,16H,5-6,8-10H2,1-3H3. The minimum atomic E-state index is 0.0889. The predicted octanol–water partition coefficient (Wildman–Crippen LogP) is 1.77. The second-order valence-corrected chi connectivity index (χ2v) is 6.62. The van der Waals surface area contributed by atoms with Crippen LogP contribution in [0.1, 0.15) is 37.9 Å². The zero-order chi connectivity index (χ0) is 14.9. The smallest absolute Gasteiger partial charge is 0.147 e. The summed E-state index contributed by atoms with van der Waals surface area (Å²) in [5, 5.41) is 11.6. The number of nitrogens with one attached hydrogen (secondary N) is 1. The Balaban J connectivity index is 1.62. The van der Waals surface area contributed by atoms with Crippen LogP contribution in [-0.4, -0.2) is 31.7 Å². The number of furan rings is 1. The minimum absolute atomic E-state index is 0.0889. The number of rotatable bonds is 4. The van der Waals surface area contributed by atoms with Crippen LogP contribution in [0.5, 0.6) is 0 Å². The second kappa shape index (κ2) is 5.61. The van der Waals surface area contributed by atoms with Gasteiger partial charge in [-0.2, -0.15) is 0 Å². The van der Waals surface area contributed by atoms with Gasteiger partial charge in [0.15, 0.2) is 0 Å². The molecule has 6 heteroatoms. The lowest BCUT2D eigenvalue weighted by Crippen LogP contribution is -2.36. The Morgan fingerprint density at radius 3 is 3.00 bits per heavy atom. The molecule has 3 rings (SSSR count). The van der Waals surface area contributed by atoms with Crippen molar-refractivity contribution >= 4 is 0 Å². The van der Waals surface area contributed by atoms with E-state index in [1.54, 1.807) is 6.26 Å². The van der Waals surface area contributed by atoms with Gasteiger partial charge in [-0.1, -0.05) is 0 Å². The molecule has 0 spiro atoms. The van der Waals surface area contributed by atoms with Crippen LogP contribution in [0.15, 0.2) is 23.1 Å². The Hall–Kier alpha value is -1.66. The third-order valence-electron chi connectivity index (χ3n) is 3.73. The van der Waals surface area contributed by atoms with Gasteiger partial charge in [-0.05, 0) is 26.8 Å². The minimum Gasteiger partial charge on any atom is -0.468 e. The van der Waals surface area contributed by atoms with Crippen LogP contribution in [0.3, 0.4) is 0 Å². The van der Waals surface area contributed by atoms with Crippen molar-refractivity contribution in [2.75, 3.05) is 6.54 Å². The molecule has 0 fully saturated rings. The molecule has 1 aliphatic heterocycles. The fourth-order valence-electron chi connectivity index (χ4n) is 2.50. The van der Waals surface area contributed by atoms with Crippen LogP contribution in [0.2, 0.25) is 0 Å². The Morgan fingerprint density at radius 1 is 1.33 bits per heavy atom. The van der Waals surface area contributed by atoms with Gasteiger partial charge in [0.1, 0.15) is 17.9 Å². The summed E-state index contributed by atoms with van der Waals surface area (Å²) in [6.07, 6.45) is 3.59. The summed E-state index contributed by atoms with van der Waals surface area (Å²) in [6.45, 7) is 10.9. The molecule has 1 aliphatic rings. The van der Waals surface area contributed by atoms with Gasteiger partial charge in [-0.3, -0.25) is 4.90 Å². The second-order valence-electron chi connectivity index (χ2n) is 6.62. The molecule has 6 nitrogen and oxygen atoms in total. The maximum atomic E-state index is 5.63. The topological polar surface area (TPSA) is 59.1 Å². The highest BCUT2D eigenvalue weighted by molar-refractivity contribution is 5.17. The van der Waals surface area contributed by atoms with Crippen molar-refractivity contribution in [2.24, 2.45) is 0 Å². The Labute approximate surface area is 125 Å². The van der Waals surface area contributed by atoms with E-state index in [9.17, 15) is 0 Å². The maximum Gasteiger partial charge on any atom is 0.147 e. The van der Waals surface area contributed by atoms with Gasteiger partial charge in [-0.25, -0.2) is 0 Å². The molecule has 0 atom stereocenters. The van der Waals surface area contributed by atoms with E-state index in [1.807, 2.05) is 6.33 Å². The first-order valence-corrected chi connectivity index (χ1v) is 7.40. The highest BCUT2D eigenvalue weighted by Crippen LogP contribution is 2.18. The number of fused-ring (bicyclic) bond motifs is 1. The molecule has 0 aromatic carbocycles. The molecule has 0 unspecified atom stereocenters. The average molecular weight is 289 g/mol. The van der Waals surface area contributed by atoms with E-state index < -0.39 is 0 Å². The molecule has 0 saturated carbocycles. The molecule has 0 bridgehead atoms. The molecule has 3 heterocycles. The number of aromatic nitrogens is 3. The number of hydrogen-bond donors (Lipinski definition) is 1. The van der Waals surface area contributed by atoms with Crippen LogP contribution in [0, 0.1) is 0 Å². The molecule has 21 heavy (non-hydrogen) atoms. The molecule has 0 aliphatic carbocycles. The van der Waals surface area contributed by atoms with Crippen LogP contribution in [-0.2, 0) is 26.2 Å². The van der Waals surface area contributed by atoms with Crippen LogP contribution in [0.4, 0.5) is 0 Å². The van der Waals surface area contributed by atoms with Gasteiger partial charge in [0, 0.05) is 30.7 Å². The Bertz CT molecular complexity index is 595. The lowest BCUT2D eigenvalue weighted by Gasteiger charge is -2.27. The summed E-state index contributed by atoms with van der Waals surface area (Å²) in [5.41, 5.74) is 1.34. The van der Waals surface area contributed by atoms with Crippen molar-refractivity contribution in [3.05, 3.63) is 35.8 Å². The molecule has 0 radical (unpaired) electrons. The Kier molecular flexibility index (Phi) is 3.82. The summed E-state index contributed by atoms with van der Waals surface area (Å²) in [7, 11) is 0. The van der Waals surface area contributed by atoms with Gasteiger partial charge in [0.2, 0.25) is 0 Å². The van der Waals surface area contributed by atoms with Crippen LogP contribution < -0.4 is 5.32 Å². The van der Waals surface area contributed by atoms with E-state index >= 15 is 0 Å². The lowest BCUT2D eigenvalue weighted by molar-refractivity contribution is 0.207. The average Bonchev–Trinajstić information content (AvgIpc) is 3.04. The summed E-state index contributed by atoms with van der Waals surface area (Å²) in [6, 6.07) is 2.07. The third kappa shape index (κ3) is 3.51. The zero-order valence-electron chi connectivity index (χ0n) is 13.0. The fraction of sp³-hybridized carbons (Fsp3) is 0.600. The SMILES string of the molecule is CC(C)(C)NCc1occc1CN1CCn2cnnc2C1. The van der Waals surface area contributed by atoms with Crippen molar-refractivity contribution in [1.82, 2.24) is 25.0 Å². The molecule has 114 valence electrons. The summed E-state index contributed by atoms with van der Waals surface area (Å²) in [4.78, 5) is 2.38. The van der Waals surface area contributed by atoms with E-state index in [0.29, 0.717) is 0 Å². The number of hydrogen-bond acceptors (Lipinski definition) is 5. The molecule has 0 saturated heterocycles. The molecular formula is C15H23N5O. The first-order chi connectivity index (χ1) is 10.0. The highest BCUT2D eigenvalue weighted by atomic mass is 16.3. The summed E-state index contributed by atoms with van der Waals surface area (Å²) in [5.74, 6) is 2.07. The molecule has 2 aromatic heterocycles. The van der Waals surface area contributed by atoms with Gasteiger partial charge in [-0.15, -0.1) is 10.2 Å². The third-order valence-corrected chi connectivity index (χ3v) is 3.73. The normalized spacial score (nSPS) is 16.1. The van der Waals surface area contributed by atoms with Crippen LogP contribution >= 0.6 is 0 Å². The van der Waals surface area contributed by atoms with Gasteiger partial charge in [0.25, 0.3) is 0 Å². The zero-order valence-corrected chi connectivity index (χ0v) is 13.0. The largest absolute Gasteiger partial charge is 0.468 e. The van der Waals surface area contributed by atoms with Crippen molar-refractivity contribution in [2.45, 2.75) is 52.5 Å². The van der Waals surface area contributed by atoms with Crippen molar-refractivity contribution in [3.63, 3.8) is 0 Å². The summed E-state index contributed by atoms with van der Waals surface area (Å²) >= 11 is 0. The predicted molar refractivity (Wildman–Crippen MR) is 79.4 cm³/mol. The monoisotopic (exact) mass is 289 g/mol. The van der Waals surface area contributed by atoms with E-state index in [1.165, 1.54) is 5.56 Å². The maximum absolute atomic E-state index is 5.63. The van der Waals surface area contributed by atoms with E-state index in [-0.39, 0.29) is 5.54 Å². The van der Waals surface area contributed by atoms with E-state index in [0.717, 1.165) is 44.3 Å². The highest BCUT2D eigenvalue weighted by Gasteiger charge is 2.20. The fourth-order valence-corrected chi connectivity index (χ4v) is 2.50. The van der Waals surface area contributed by atoms with Crippen molar-refractivity contribution in [3.8, 4) is 0 Å². The van der Waals surface area contributed by atoms with Crippen molar-refractivity contribution < 1.29 is 4.42 Å². The summed E-state index contributed by atoms with van der Waals surface area (Å²) < 4.78 is 7.75. The van der Waals surface area contributed by atoms with E-state index in [2.05, 4.69) is 51.8 Å². The van der Waals surface area contributed by atoms with Gasteiger partial charge < -0.3 is 14.3 Å².